The average Bonchev–Trinajstić information content (AvgIpc) is 3.21. The van der Waals surface area contributed by atoms with Crippen LogP contribution in [-0.4, -0.2) is 52.9 Å². The molecule has 0 spiro atoms. The average molecular weight is 323 g/mol. The number of hydrogen-bond acceptors (Lipinski definition) is 6. The van der Waals surface area contributed by atoms with E-state index in [1.165, 1.54) is 6.42 Å². The lowest BCUT2D eigenvalue weighted by Crippen LogP contribution is -2.35. The summed E-state index contributed by atoms with van der Waals surface area (Å²) in [6.45, 7) is 1.43. The second-order valence-corrected chi connectivity index (χ2v) is 6.61. The van der Waals surface area contributed by atoms with Crippen molar-refractivity contribution >= 4 is 5.91 Å². The molecule has 2 atom stereocenters. The largest absolute Gasteiger partial charge is 0.396 e. The molecule has 2 aliphatic rings. The Morgan fingerprint density at radius 1 is 1.35 bits per heavy atom. The summed E-state index contributed by atoms with van der Waals surface area (Å²) in [4.78, 5) is 18.9. The molecule has 1 amide bonds. The molecule has 0 aromatic carbocycles. The third-order valence-electron chi connectivity index (χ3n) is 5.02. The van der Waals surface area contributed by atoms with Crippen molar-refractivity contribution in [3.63, 3.8) is 0 Å². The Hall–Kier alpha value is -1.47. The Labute approximate surface area is 136 Å². The second kappa shape index (κ2) is 7.40. The van der Waals surface area contributed by atoms with Crippen LogP contribution < -0.4 is 0 Å². The minimum Gasteiger partial charge on any atom is -0.396 e. The van der Waals surface area contributed by atoms with Gasteiger partial charge < -0.3 is 19.3 Å². The molecule has 2 fully saturated rings. The third kappa shape index (κ3) is 3.55. The highest BCUT2D eigenvalue weighted by atomic mass is 16.5. The SMILES string of the molecule is COCc1noc([C@@H]2CN(C(=O)C3CCCCC3)C[C@H]2CO)n1. The normalized spacial score (nSPS) is 25.9. The number of nitrogens with zero attached hydrogens (tertiary/aromatic N) is 3. The van der Waals surface area contributed by atoms with Crippen molar-refractivity contribution in [1.82, 2.24) is 15.0 Å². The van der Waals surface area contributed by atoms with Gasteiger partial charge in [0.05, 0.1) is 5.92 Å². The van der Waals surface area contributed by atoms with E-state index in [-0.39, 0.29) is 30.3 Å². The molecule has 7 nitrogen and oxygen atoms in total. The predicted octanol–water partition coefficient (Wildman–Crippen LogP) is 1.33. The van der Waals surface area contributed by atoms with Crippen LogP contribution in [0.5, 0.6) is 0 Å². The topological polar surface area (TPSA) is 88.7 Å². The first-order valence-electron chi connectivity index (χ1n) is 8.44. The molecule has 1 aromatic heterocycles. The zero-order chi connectivity index (χ0) is 16.2. The van der Waals surface area contributed by atoms with Crippen LogP contribution >= 0.6 is 0 Å². The second-order valence-electron chi connectivity index (χ2n) is 6.61. The molecule has 128 valence electrons. The summed E-state index contributed by atoms with van der Waals surface area (Å²) in [5.74, 6) is 1.23. The lowest BCUT2D eigenvalue weighted by Gasteiger charge is -2.26. The molecule has 3 rings (SSSR count). The quantitative estimate of drug-likeness (QED) is 0.879. The summed E-state index contributed by atoms with van der Waals surface area (Å²) in [6, 6.07) is 0. The fourth-order valence-corrected chi connectivity index (χ4v) is 3.73. The Morgan fingerprint density at radius 2 is 2.13 bits per heavy atom. The third-order valence-corrected chi connectivity index (χ3v) is 5.02. The maximum absolute atomic E-state index is 12.7. The van der Waals surface area contributed by atoms with E-state index in [0.717, 1.165) is 25.7 Å². The van der Waals surface area contributed by atoms with Gasteiger partial charge in [0.15, 0.2) is 5.82 Å². The van der Waals surface area contributed by atoms with E-state index in [2.05, 4.69) is 10.1 Å². The highest BCUT2D eigenvalue weighted by molar-refractivity contribution is 5.79. The molecule has 1 aromatic rings. The molecule has 0 unspecified atom stereocenters. The molecule has 0 bridgehead atoms. The number of aromatic nitrogens is 2. The monoisotopic (exact) mass is 323 g/mol. The van der Waals surface area contributed by atoms with Crippen molar-refractivity contribution in [1.29, 1.82) is 0 Å². The minimum absolute atomic E-state index is 0.0150. The van der Waals surface area contributed by atoms with Crippen molar-refractivity contribution in [3.05, 3.63) is 11.7 Å². The first-order valence-corrected chi connectivity index (χ1v) is 8.44. The zero-order valence-corrected chi connectivity index (χ0v) is 13.6. The van der Waals surface area contributed by atoms with E-state index in [9.17, 15) is 9.90 Å². The first-order chi connectivity index (χ1) is 11.2. The van der Waals surface area contributed by atoms with Gasteiger partial charge in [-0.25, -0.2) is 0 Å². The first kappa shape index (κ1) is 16.4. The Bertz CT molecular complexity index is 527. The van der Waals surface area contributed by atoms with Gasteiger partial charge in [0, 0.05) is 38.6 Å². The van der Waals surface area contributed by atoms with E-state index in [0.29, 0.717) is 31.4 Å². The number of carbonyl (C=O) groups excluding carboxylic acids is 1. The standard InChI is InChI=1S/C16H25N3O4/c1-22-10-14-17-15(23-18-14)13-8-19(7-12(13)9-20)16(21)11-5-3-2-4-6-11/h11-13,20H,2-10H2,1H3/t12-,13+/m0/s1. The molecule has 2 heterocycles. The molecule has 1 saturated heterocycles. The number of methoxy groups -OCH3 is 1. The van der Waals surface area contributed by atoms with Gasteiger partial charge in [0.2, 0.25) is 11.8 Å². The fourth-order valence-electron chi connectivity index (χ4n) is 3.73. The van der Waals surface area contributed by atoms with E-state index in [1.807, 2.05) is 4.90 Å². The number of aliphatic hydroxyl groups excluding tert-OH is 1. The molecule has 7 heteroatoms. The highest BCUT2D eigenvalue weighted by Gasteiger charge is 2.40. The molecule has 23 heavy (non-hydrogen) atoms. The highest BCUT2D eigenvalue weighted by Crippen LogP contribution is 2.34. The van der Waals surface area contributed by atoms with Gasteiger partial charge in [-0.3, -0.25) is 4.79 Å². The zero-order valence-electron chi connectivity index (χ0n) is 13.6. The Balaban J connectivity index is 1.68. The fraction of sp³-hybridized carbons (Fsp3) is 0.812. The van der Waals surface area contributed by atoms with Crippen LogP contribution in [0.25, 0.3) is 0 Å². The van der Waals surface area contributed by atoms with E-state index in [4.69, 9.17) is 9.26 Å². The van der Waals surface area contributed by atoms with E-state index in [1.54, 1.807) is 7.11 Å². The molecular formula is C16H25N3O4. The molecule has 1 saturated carbocycles. The van der Waals surface area contributed by atoms with Gasteiger partial charge in [-0.1, -0.05) is 24.4 Å². The number of ether oxygens (including phenoxy) is 1. The summed E-state index contributed by atoms with van der Waals surface area (Å²) in [7, 11) is 1.58. The summed E-state index contributed by atoms with van der Waals surface area (Å²) < 4.78 is 10.3. The van der Waals surface area contributed by atoms with Crippen molar-refractivity contribution in [2.45, 2.75) is 44.6 Å². The molecule has 1 N–H and O–H groups in total. The van der Waals surface area contributed by atoms with Crippen LogP contribution in [-0.2, 0) is 16.1 Å². The lowest BCUT2D eigenvalue weighted by molar-refractivity contribution is -0.135. The maximum Gasteiger partial charge on any atom is 0.232 e. The van der Waals surface area contributed by atoms with Crippen molar-refractivity contribution in [2.75, 3.05) is 26.8 Å². The minimum atomic E-state index is -0.0920. The van der Waals surface area contributed by atoms with Crippen molar-refractivity contribution < 1.29 is 19.2 Å². The van der Waals surface area contributed by atoms with Crippen LogP contribution in [0.15, 0.2) is 4.52 Å². The molecule has 1 aliphatic carbocycles. The smallest absolute Gasteiger partial charge is 0.232 e. The van der Waals surface area contributed by atoms with E-state index < -0.39 is 0 Å². The number of carbonyl (C=O) groups is 1. The van der Waals surface area contributed by atoms with E-state index >= 15 is 0 Å². The summed E-state index contributed by atoms with van der Waals surface area (Å²) in [5, 5.41) is 13.5. The summed E-state index contributed by atoms with van der Waals surface area (Å²) in [5.41, 5.74) is 0. The number of amides is 1. The van der Waals surface area contributed by atoms with Gasteiger partial charge in [-0.2, -0.15) is 4.98 Å². The van der Waals surface area contributed by atoms with Gasteiger partial charge >= 0.3 is 0 Å². The van der Waals surface area contributed by atoms with Crippen LogP contribution in [0.4, 0.5) is 0 Å². The molecule has 1 aliphatic heterocycles. The van der Waals surface area contributed by atoms with Gasteiger partial charge in [0.25, 0.3) is 0 Å². The summed E-state index contributed by atoms with van der Waals surface area (Å²) >= 11 is 0. The Morgan fingerprint density at radius 3 is 2.83 bits per heavy atom. The van der Waals surface area contributed by atoms with Gasteiger partial charge in [0.1, 0.15) is 6.61 Å². The Kier molecular flexibility index (Phi) is 5.27. The van der Waals surface area contributed by atoms with Gasteiger partial charge in [-0.15, -0.1) is 0 Å². The van der Waals surface area contributed by atoms with Crippen molar-refractivity contribution in [3.8, 4) is 0 Å². The molecule has 0 radical (unpaired) electrons. The number of likely N-dealkylation sites (tertiary alicyclic amines) is 1. The van der Waals surface area contributed by atoms with Gasteiger partial charge in [-0.05, 0) is 12.8 Å². The maximum atomic E-state index is 12.7. The number of hydrogen-bond donors (Lipinski definition) is 1. The predicted molar refractivity (Wildman–Crippen MR) is 81.5 cm³/mol. The van der Waals surface area contributed by atoms with Crippen LogP contribution in [0.2, 0.25) is 0 Å². The number of aliphatic hydroxyl groups is 1. The van der Waals surface area contributed by atoms with Crippen LogP contribution in [0.1, 0.15) is 49.7 Å². The van der Waals surface area contributed by atoms with Crippen LogP contribution in [0, 0.1) is 11.8 Å². The molecular weight excluding hydrogens is 298 g/mol. The summed E-state index contributed by atoms with van der Waals surface area (Å²) in [6.07, 6.45) is 5.49. The van der Waals surface area contributed by atoms with Crippen molar-refractivity contribution in [2.24, 2.45) is 11.8 Å². The lowest BCUT2D eigenvalue weighted by atomic mass is 9.88. The number of rotatable bonds is 5. The van der Waals surface area contributed by atoms with Crippen LogP contribution in [0.3, 0.4) is 0 Å².